The Morgan fingerprint density at radius 1 is 0.623 bits per heavy atom. The molecule has 0 aromatic rings. The number of nitrogens with one attached hydrogen (secondary N) is 1. The van der Waals surface area contributed by atoms with Crippen molar-refractivity contribution in [3.63, 3.8) is 0 Å². The first-order valence-corrected chi connectivity index (χ1v) is 21.3. The Balaban J connectivity index is 3.93. The van der Waals surface area contributed by atoms with Crippen molar-refractivity contribution in [3.8, 4) is 0 Å². The number of phosphoric ester groups is 1. The zero-order valence-corrected chi connectivity index (χ0v) is 33.4. The number of allylic oxidation sites excluding steroid dienone is 10. The van der Waals surface area contributed by atoms with Gasteiger partial charge in [-0.15, -0.1) is 0 Å². The van der Waals surface area contributed by atoms with E-state index < -0.39 is 57.6 Å². The summed E-state index contributed by atoms with van der Waals surface area (Å²) in [4.78, 5) is 45.6. The van der Waals surface area contributed by atoms with Gasteiger partial charge in [0, 0.05) is 12.8 Å². The van der Waals surface area contributed by atoms with Gasteiger partial charge in [-0.1, -0.05) is 139 Å². The number of aliphatic hydroxyl groups excluding tert-OH is 1. The number of rotatable bonds is 36. The van der Waals surface area contributed by atoms with Gasteiger partial charge in [-0.3, -0.25) is 18.6 Å². The largest absolute Gasteiger partial charge is 0.480 e. The summed E-state index contributed by atoms with van der Waals surface area (Å²) in [6.45, 7) is 2.38. The predicted molar refractivity (Wildman–Crippen MR) is 212 cm³/mol. The van der Waals surface area contributed by atoms with Crippen LogP contribution in [0.5, 0.6) is 0 Å². The molecule has 0 saturated carbocycles. The van der Waals surface area contributed by atoms with E-state index in [0.29, 0.717) is 12.8 Å². The second kappa shape index (κ2) is 36.2. The van der Waals surface area contributed by atoms with Crippen molar-refractivity contribution in [2.24, 2.45) is 0 Å². The number of aliphatic hydroxyl groups is 1. The number of aliphatic carboxylic acids is 1. The van der Waals surface area contributed by atoms with E-state index in [1.807, 2.05) is 0 Å². The van der Waals surface area contributed by atoms with E-state index in [9.17, 15) is 34.1 Å². The van der Waals surface area contributed by atoms with Crippen molar-refractivity contribution in [1.82, 2.24) is 5.32 Å². The maximum Gasteiger partial charge on any atom is 0.472 e. The first-order chi connectivity index (χ1) is 25.6. The molecule has 53 heavy (non-hydrogen) atoms. The minimum atomic E-state index is -4.75. The molecule has 0 aromatic carbocycles. The van der Waals surface area contributed by atoms with E-state index in [2.05, 4.69) is 79.9 Å². The molecule has 12 heteroatoms. The number of hydrogen-bond acceptors (Lipinski definition) is 8. The quantitative estimate of drug-likeness (QED) is 0.0208. The third-order valence-corrected chi connectivity index (χ3v) is 9.02. The highest BCUT2D eigenvalue weighted by Crippen LogP contribution is 2.43. The Morgan fingerprint density at radius 3 is 1.64 bits per heavy atom. The monoisotopic (exact) mass is 767 g/mol. The normalized spacial score (nSPS) is 14.5. The number of carboxylic acids is 1. The summed E-state index contributed by atoms with van der Waals surface area (Å²) < 4.78 is 26.7. The van der Waals surface area contributed by atoms with E-state index in [4.69, 9.17) is 13.8 Å². The van der Waals surface area contributed by atoms with Crippen LogP contribution in [0.1, 0.15) is 149 Å². The van der Waals surface area contributed by atoms with Gasteiger partial charge in [0.2, 0.25) is 5.91 Å². The lowest BCUT2D eigenvalue weighted by Gasteiger charge is -2.18. The molecule has 0 aliphatic carbocycles. The van der Waals surface area contributed by atoms with Gasteiger partial charge < -0.3 is 25.2 Å². The fourth-order valence-corrected chi connectivity index (χ4v) is 5.76. The van der Waals surface area contributed by atoms with Crippen molar-refractivity contribution in [1.29, 1.82) is 0 Å². The number of amides is 1. The van der Waals surface area contributed by atoms with E-state index >= 15 is 0 Å². The number of hydrogen-bond donors (Lipinski definition) is 4. The molecule has 0 aromatic heterocycles. The van der Waals surface area contributed by atoms with Crippen molar-refractivity contribution >= 4 is 25.7 Å². The Bertz CT molecular complexity index is 1130. The molecule has 3 atom stereocenters. The highest BCUT2D eigenvalue weighted by molar-refractivity contribution is 7.47. The number of carboxylic acid groups (broad SMARTS) is 1. The van der Waals surface area contributed by atoms with E-state index in [1.54, 1.807) is 0 Å². The van der Waals surface area contributed by atoms with Gasteiger partial charge >= 0.3 is 19.8 Å². The highest BCUT2D eigenvalue weighted by atomic mass is 31.2. The van der Waals surface area contributed by atoms with Crippen molar-refractivity contribution in [2.75, 3.05) is 19.8 Å². The molecule has 0 heterocycles. The standard InChI is InChI=1S/C41H70NO10P/c1-3-5-7-9-11-13-14-15-16-17-18-19-20-21-22-23-24-25-27-29-31-33-40(45)50-34-37(43)35-51-53(48,49)52-36-38(41(46)47)42-39(44)32-30-28-26-12-10-8-6-4-2/h5,7,11,13,15-16,18-19,21-22,37-38,43H,3-4,6,8-10,12,14,17,20,23-36H2,1-2H3,(H,42,44)(H,46,47)(H,48,49)/b7-5-,13-11-,16-15-,19-18-,22-21-. The molecule has 0 bridgehead atoms. The van der Waals surface area contributed by atoms with Gasteiger partial charge in [-0.2, -0.15) is 0 Å². The van der Waals surface area contributed by atoms with Crippen LogP contribution in [-0.2, 0) is 32.7 Å². The van der Waals surface area contributed by atoms with Crippen LogP contribution in [0.2, 0.25) is 0 Å². The summed E-state index contributed by atoms with van der Waals surface area (Å²) in [5, 5.41) is 21.7. The van der Waals surface area contributed by atoms with Crippen LogP contribution in [-0.4, -0.2) is 64.9 Å². The molecule has 0 aliphatic heterocycles. The van der Waals surface area contributed by atoms with Crippen molar-refractivity contribution in [2.45, 2.75) is 161 Å². The van der Waals surface area contributed by atoms with Gasteiger partial charge in [0.1, 0.15) is 12.7 Å². The second-order valence-electron chi connectivity index (χ2n) is 13.1. The van der Waals surface area contributed by atoms with E-state index in [-0.39, 0.29) is 12.8 Å². The number of phosphoric acid groups is 1. The van der Waals surface area contributed by atoms with Gasteiger partial charge in [0.05, 0.1) is 13.2 Å². The van der Waals surface area contributed by atoms with Crippen LogP contribution in [0, 0.1) is 0 Å². The lowest BCUT2D eigenvalue weighted by atomic mass is 10.1. The number of carbonyl (C=O) groups is 3. The van der Waals surface area contributed by atoms with Gasteiger partial charge in [0.15, 0.2) is 6.04 Å². The number of esters is 1. The molecule has 0 aliphatic rings. The van der Waals surface area contributed by atoms with Crippen LogP contribution in [0.15, 0.2) is 60.8 Å². The highest BCUT2D eigenvalue weighted by Gasteiger charge is 2.28. The first-order valence-electron chi connectivity index (χ1n) is 19.8. The third kappa shape index (κ3) is 36.0. The summed E-state index contributed by atoms with van der Waals surface area (Å²) in [5.41, 5.74) is 0. The molecule has 4 N–H and O–H groups in total. The van der Waals surface area contributed by atoms with Crippen molar-refractivity contribution < 1.29 is 47.8 Å². The molecule has 3 unspecified atom stereocenters. The van der Waals surface area contributed by atoms with Crippen molar-refractivity contribution in [3.05, 3.63) is 60.8 Å². The second-order valence-corrected chi connectivity index (χ2v) is 14.5. The fourth-order valence-electron chi connectivity index (χ4n) is 4.99. The summed E-state index contributed by atoms with van der Waals surface area (Å²) in [6, 6.07) is -1.55. The van der Waals surface area contributed by atoms with Crippen LogP contribution >= 0.6 is 7.82 Å². The average Bonchev–Trinajstić information content (AvgIpc) is 3.13. The fraction of sp³-hybridized carbons (Fsp3) is 0.683. The van der Waals surface area contributed by atoms with Crippen LogP contribution in [0.3, 0.4) is 0 Å². The average molecular weight is 768 g/mol. The summed E-state index contributed by atoms with van der Waals surface area (Å²) in [6.07, 6.45) is 39.9. The number of unbranched alkanes of at least 4 members (excludes halogenated alkanes) is 12. The third-order valence-electron chi connectivity index (χ3n) is 8.07. The molecular formula is C41H70NO10P. The zero-order valence-electron chi connectivity index (χ0n) is 32.5. The first kappa shape index (κ1) is 50.2. The smallest absolute Gasteiger partial charge is 0.472 e. The lowest BCUT2D eigenvalue weighted by molar-refractivity contribution is -0.147. The summed E-state index contributed by atoms with van der Waals surface area (Å²) in [7, 11) is -4.75. The van der Waals surface area contributed by atoms with E-state index in [1.165, 1.54) is 25.7 Å². The SMILES string of the molecule is CC/C=C\C/C=C\C/C=C\C/C=C\C/C=C\CCCCCCCC(=O)OCC(O)COP(=O)(O)OCC(NC(=O)CCCCCCCCCC)C(=O)O. The molecule has 0 fully saturated rings. The molecule has 0 saturated heterocycles. The Kier molecular flexibility index (Phi) is 34.2. The van der Waals surface area contributed by atoms with Gasteiger partial charge in [0.25, 0.3) is 0 Å². The maximum absolute atomic E-state index is 12.2. The predicted octanol–water partition coefficient (Wildman–Crippen LogP) is 9.61. The molecule has 11 nitrogen and oxygen atoms in total. The molecule has 0 rings (SSSR count). The molecular weight excluding hydrogens is 697 g/mol. The maximum atomic E-state index is 12.2. The molecule has 0 radical (unpaired) electrons. The summed E-state index contributed by atoms with van der Waals surface area (Å²) >= 11 is 0. The Hall–Kier alpha value is -2.82. The van der Waals surface area contributed by atoms with Crippen LogP contribution in [0.4, 0.5) is 0 Å². The lowest BCUT2D eigenvalue weighted by Crippen LogP contribution is -2.43. The number of ether oxygens (including phenoxy) is 1. The van der Waals surface area contributed by atoms with E-state index in [0.717, 1.165) is 83.5 Å². The van der Waals surface area contributed by atoms with Gasteiger partial charge in [-0.25, -0.2) is 9.36 Å². The zero-order chi connectivity index (χ0) is 39.3. The minimum Gasteiger partial charge on any atom is -0.480 e. The molecule has 0 spiro atoms. The molecule has 304 valence electrons. The topological polar surface area (TPSA) is 169 Å². The van der Waals surface area contributed by atoms with Gasteiger partial charge in [-0.05, 0) is 57.8 Å². The summed E-state index contributed by atoms with van der Waals surface area (Å²) in [5.74, 6) is -2.41. The van der Waals surface area contributed by atoms with Crippen LogP contribution < -0.4 is 5.32 Å². The Labute approximate surface area is 319 Å². The molecule has 1 amide bonds. The Morgan fingerprint density at radius 2 is 1.09 bits per heavy atom. The van der Waals surface area contributed by atoms with Crippen LogP contribution in [0.25, 0.3) is 0 Å². The minimum absolute atomic E-state index is 0.142. The number of carbonyl (C=O) groups excluding carboxylic acids is 2.